The maximum atomic E-state index is 11.8. The van der Waals surface area contributed by atoms with Crippen molar-refractivity contribution in [2.24, 2.45) is 0 Å². The fourth-order valence-corrected chi connectivity index (χ4v) is 1.70. The van der Waals surface area contributed by atoms with E-state index in [1.807, 2.05) is 0 Å². The number of carbonyl (C=O) groups excluding carboxylic acids is 1. The Morgan fingerprint density at radius 1 is 1.50 bits per heavy atom. The highest BCUT2D eigenvalue weighted by atomic mass is 16.6. The van der Waals surface area contributed by atoms with Crippen LogP contribution >= 0.6 is 0 Å². The third kappa shape index (κ3) is 5.19. The molecule has 0 heterocycles. The Labute approximate surface area is 117 Å². The molecule has 108 valence electrons. The van der Waals surface area contributed by atoms with Gasteiger partial charge < -0.3 is 10.0 Å². The highest BCUT2D eigenvalue weighted by Gasteiger charge is 2.17. The number of nitrogens with zero attached hydrogens (tertiary/aromatic N) is 2. The summed E-state index contributed by atoms with van der Waals surface area (Å²) in [6, 6.07) is 6.01. The topological polar surface area (TPSA) is 83.7 Å². The second-order valence-electron chi connectivity index (χ2n) is 5.19. The molecule has 1 aromatic rings. The Kier molecular flexibility index (Phi) is 4.99. The summed E-state index contributed by atoms with van der Waals surface area (Å²) in [5.74, 6) is -0.279. The summed E-state index contributed by atoms with van der Waals surface area (Å²) < 4.78 is 0. The quantitative estimate of drug-likeness (QED) is 0.506. The van der Waals surface area contributed by atoms with Crippen LogP contribution in [0.15, 0.2) is 30.3 Å². The number of likely N-dealkylation sites (N-methyl/N-ethyl adjacent to an activating group) is 1. The van der Waals surface area contributed by atoms with Gasteiger partial charge in [0.1, 0.15) is 0 Å². The minimum atomic E-state index is -0.968. The molecular weight excluding hydrogens is 260 g/mol. The molecule has 0 fully saturated rings. The number of nitro groups is 1. The molecule has 1 N–H and O–H groups in total. The molecule has 1 rings (SSSR count). The third-order valence-electron chi connectivity index (χ3n) is 2.50. The molecule has 6 nitrogen and oxygen atoms in total. The number of non-ortho nitro benzene ring substituents is 1. The Balaban J connectivity index is 2.75. The lowest BCUT2D eigenvalue weighted by Crippen LogP contribution is -2.38. The summed E-state index contributed by atoms with van der Waals surface area (Å²) in [5.41, 5.74) is -0.419. The van der Waals surface area contributed by atoms with E-state index in [0.29, 0.717) is 5.56 Å². The predicted octanol–water partition coefficient (Wildman–Crippen LogP) is 1.84. The van der Waals surface area contributed by atoms with Crippen molar-refractivity contribution in [2.45, 2.75) is 19.4 Å². The zero-order valence-electron chi connectivity index (χ0n) is 11.7. The first-order valence-electron chi connectivity index (χ1n) is 6.09. The minimum Gasteiger partial charge on any atom is -0.389 e. The van der Waals surface area contributed by atoms with Crippen molar-refractivity contribution in [3.05, 3.63) is 46.0 Å². The molecule has 0 atom stereocenters. The van der Waals surface area contributed by atoms with Crippen LogP contribution in [0.4, 0.5) is 5.69 Å². The van der Waals surface area contributed by atoms with Crippen LogP contribution in [-0.4, -0.2) is 40.0 Å². The lowest BCUT2D eigenvalue weighted by atomic mass is 10.1. The molecule has 20 heavy (non-hydrogen) atoms. The van der Waals surface area contributed by atoms with E-state index in [1.54, 1.807) is 33.0 Å². The van der Waals surface area contributed by atoms with E-state index in [1.165, 1.54) is 29.2 Å². The van der Waals surface area contributed by atoms with Gasteiger partial charge in [-0.25, -0.2) is 0 Å². The molecule has 0 aliphatic heterocycles. The van der Waals surface area contributed by atoms with Crippen LogP contribution in [0, 0.1) is 10.1 Å². The van der Waals surface area contributed by atoms with Crippen molar-refractivity contribution >= 4 is 17.7 Å². The van der Waals surface area contributed by atoms with E-state index in [0.717, 1.165) is 0 Å². The largest absolute Gasteiger partial charge is 0.389 e. The smallest absolute Gasteiger partial charge is 0.270 e. The molecule has 6 heteroatoms. The van der Waals surface area contributed by atoms with Crippen LogP contribution in [-0.2, 0) is 4.79 Å². The predicted molar refractivity (Wildman–Crippen MR) is 76.1 cm³/mol. The summed E-state index contributed by atoms with van der Waals surface area (Å²) in [6.07, 6.45) is 2.83. The molecule has 0 saturated carbocycles. The Bertz CT molecular complexity index is 532. The molecule has 0 spiro atoms. The van der Waals surface area contributed by atoms with E-state index in [9.17, 15) is 20.0 Å². The normalized spacial score (nSPS) is 11.6. The van der Waals surface area contributed by atoms with Crippen LogP contribution < -0.4 is 0 Å². The van der Waals surface area contributed by atoms with Crippen LogP contribution in [0.5, 0.6) is 0 Å². The van der Waals surface area contributed by atoms with Crippen molar-refractivity contribution < 1.29 is 14.8 Å². The van der Waals surface area contributed by atoms with E-state index >= 15 is 0 Å². The summed E-state index contributed by atoms with van der Waals surface area (Å²) in [5, 5.41) is 20.3. The number of hydrogen-bond acceptors (Lipinski definition) is 4. The molecule has 0 aliphatic carbocycles. The highest BCUT2D eigenvalue weighted by Crippen LogP contribution is 2.14. The molecular formula is C14H18N2O4. The lowest BCUT2D eigenvalue weighted by molar-refractivity contribution is -0.384. The first-order valence-corrected chi connectivity index (χ1v) is 6.09. The number of nitro benzene ring substituents is 1. The molecule has 0 bridgehead atoms. The second kappa shape index (κ2) is 6.29. The third-order valence-corrected chi connectivity index (χ3v) is 2.50. The van der Waals surface area contributed by atoms with Crippen LogP contribution in [0.25, 0.3) is 6.08 Å². The van der Waals surface area contributed by atoms with E-state index in [4.69, 9.17) is 0 Å². The van der Waals surface area contributed by atoms with Gasteiger partial charge in [0.15, 0.2) is 0 Å². The van der Waals surface area contributed by atoms with Crippen molar-refractivity contribution in [3.63, 3.8) is 0 Å². The van der Waals surface area contributed by atoms with E-state index in [-0.39, 0.29) is 18.1 Å². The van der Waals surface area contributed by atoms with Crippen molar-refractivity contribution in [2.75, 3.05) is 13.6 Å². The standard InChI is InChI=1S/C14H18N2O4/c1-14(2,18)10-15(3)13(17)8-7-11-5-4-6-12(9-11)16(19)20/h4-9,18H,10H2,1-3H3. The molecule has 0 aromatic heterocycles. The van der Waals surface area contributed by atoms with Gasteiger partial charge >= 0.3 is 0 Å². The van der Waals surface area contributed by atoms with Gasteiger partial charge in [-0.2, -0.15) is 0 Å². The molecule has 1 amide bonds. The second-order valence-corrected chi connectivity index (χ2v) is 5.19. The average Bonchev–Trinajstić information content (AvgIpc) is 2.34. The van der Waals surface area contributed by atoms with Gasteiger partial charge in [0.05, 0.1) is 10.5 Å². The van der Waals surface area contributed by atoms with Crippen molar-refractivity contribution in [3.8, 4) is 0 Å². The Morgan fingerprint density at radius 2 is 2.15 bits per heavy atom. The number of aliphatic hydroxyl groups is 1. The van der Waals surface area contributed by atoms with E-state index in [2.05, 4.69) is 0 Å². The van der Waals surface area contributed by atoms with Crippen LogP contribution in [0.2, 0.25) is 0 Å². The first-order chi connectivity index (χ1) is 9.19. The summed E-state index contributed by atoms with van der Waals surface area (Å²) >= 11 is 0. The molecule has 0 aliphatic rings. The van der Waals surface area contributed by atoms with Gasteiger partial charge in [-0.15, -0.1) is 0 Å². The average molecular weight is 278 g/mol. The Hall–Kier alpha value is -2.21. The minimum absolute atomic E-state index is 0.0237. The number of hydrogen-bond donors (Lipinski definition) is 1. The summed E-state index contributed by atoms with van der Waals surface area (Å²) in [4.78, 5) is 23.3. The van der Waals surface area contributed by atoms with Crippen LogP contribution in [0.1, 0.15) is 19.4 Å². The van der Waals surface area contributed by atoms with E-state index < -0.39 is 10.5 Å². The monoisotopic (exact) mass is 278 g/mol. The van der Waals surface area contributed by atoms with Gasteiger partial charge in [0.25, 0.3) is 5.69 Å². The maximum absolute atomic E-state index is 11.8. The summed E-state index contributed by atoms with van der Waals surface area (Å²) in [7, 11) is 1.58. The van der Waals surface area contributed by atoms with Crippen molar-refractivity contribution in [1.82, 2.24) is 4.90 Å². The van der Waals surface area contributed by atoms with Gasteiger partial charge in [0, 0.05) is 31.8 Å². The Morgan fingerprint density at radius 3 is 2.70 bits per heavy atom. The number of benzene rings is 1. The summed E-state index contributed by atoms with van der Waals surface area (Å²) in [6.45, 7) is 3.42. The van der Waals surface area contributed by atoms with Gasteiger partial charge in [-0.1, -0.05) is 12.1 Å². The highest BCUT2D eigenvalue weighted by molar-refractivity contribution is 5.91. The maximum Gasteiger partial charge on any atom is 0.270 e. The molecule has 0 radical (unpaired) electrons. The zero-order valence-corrected chi connectivity index (χ0v) is 11.7. The molecule has 0 unspecified atom stereocenters. The van der Waals surface area contributed by atoms with Gasteiger partial charge in [-0.05, 0) is 25.5 Å². The fourth-order valence-electron chi connectivity index (χ4n) is 1.70. The molecule has 0 saturated heterocycles. The lowest BCUT2D eigenvalue weighted by Gasteiger charge is -2.24. The zero-order chi connectivity index (χ0) is 15.3. The number of amides is 1. The molecule has 1 aromatic carbocycles. The van der Waals surface area contributed by atoms with Gasteiger partial charge in [0.2, 0.25) is 5.91 Å². The number of carbonyl (C=O) groups is 1. The SMILES string of the molecule is CN(CC(C)(C)O)C(=O)C=Cc1cccc([N+](=O)[O-])c1. The van der Waals surface area contributed by atoms with Crippen LogP contribution in [0.3, 0.4) is 0 Å². The van der Waals surface area contributed by atoms with Crippen molar-refractivity contribution in [1.29, 1.82) is 0 Å². The first kappa shape index (κ1) is 15.8. The number of rotatable bonds is 5. The van der Waals surface area contributed by atoms with Gasteiger partial charge in [-0.3, -0.25) is 14.9 Å². The fraction of sp³-hybridized carbons (Fsp3) is 0.357.